The first-order valence-corrected chi connectivity index (χ1v) is 15.3. The van der Waals surface area contributed by atoms with E-state index in [1.807, 2.05) is 86.6 Å². The number of ketones is 1. The Labute approximate surface area is 242 Å². The van der Waals surface area contributed by atoms with E-state index in [9.17, 15) is 9.59 Å². The molecule has 0 atom stereocenters. The summed E-state index contributed by atoms with van der Waals surface area (Å²) in [6.45, 7) is 5.79. The van der Waals surface area contributed by atoms with Crippen molar-refractivity contribution in [2.45, 2.75) is 80.5 Å². The number of hydrogen-bond donors (Lipinski definition) is 0. The third-order valence-electron chi connectivity index (χ3n) is 8.30. The molecule has 1 saturated heterocycles. The van der Waals surface area contributed by atoms with E-state index >= 15 is 0 Å². The fraction of sp³-hybridized carbons (Fsp3) is 0.382. The quantitative estimate of drug-likeness (QED) is 0.123. The molecule has 1 aliphatic heterocycles. The van der Waals surface area contributed by atoms with Gasteiger partial charge in [-0.2, -0.15) is 0 Å². The van der Waals surface area contributed by atoms with Gasteiger partial charge in [-0.1, -0.05) is 79.0 Å². The van der Waals surface area contributed by atoms with E-state index in [2.05, 4.69) is 10.1 Å². The summed E-state index contributed by atoms with van der Waals surface area (Å²) in [6, 6.07) is 23.5. The Morgan fingerprint density at radius 3 is 1.98 bits per heavy atom. The van der Waals surface area contributed by atoms with E-state index < -0.39 is 5.54 Å². The van der Waals surface area contributed by atoms with Crippen LogP contribution in [0.1, 0.15) is 85.3 Å². The lowest BCUT2D eigenvalue weighted by molar-refractivity contribution is -0.162. The van der Waals surface area contributed by atoms with Gasteiger partial charge in [0.05, 0.1) is 5.71 Å². The van der Waals surface area contributed by atoms with Gasteiger partial charge in [-0.3, -0.25) is 9.69 Å². The van der Waals surface area contributed by atoms with Gasteiger partial charge in [0.1, 0.15) is 5.54 Å². The summed E-state index contributed by atoms with van der Waals surface area (Å²) in [5, 5.41) is 4.28. The standard InChI is InChI=1S/C34H38N2O3S/c1-25-11-5-6-12-31(25)32(37)28-15-19-30(20-16-28)40-29-17-13-27(14-18-29)26(2)35-39-33(38)34(21-7-3-8-22-34)36-23-9-4-10-24-36/h5-6,11-20H,3-4,7-10,21-24H2,1-2H3. The van der Waals surface area contributed by atoms with Crippen molar-refractivity contribution < 1.29 is 14.4 Å². The zero-order valence-electron chi connectivity index (χ0n) is 23.5. The number of carbonyl (C=O) groups is 2. The molecular weight excluding hydrogens is 516 g/mol. The molecule has 5 nitrogen and oxygen atoms in total. The highest BCUT2D eigenvalue weighted by Crippen LogP contribution is 2.37. The normalized spacial score (nSPS) is 17.8. The van der Waals surface area contributed by atoms with E-state index in [-0.39, 0.29) is 11.8 Å². The van der Waals surface area contributed by atoms with E-state index in [0.29, 0.717) is 11.3 Å². The highest BCUT2D eigenvalue weighted by Gasteiger charge is 2.46. The van der Waals surface area contributed by atoms with Crippen LogP contribution in [0.25, 0.3) is 0 Å². The van der Waals surface area contributed by atoms with Crippen LogP contribution in [0.3, 0.4) is 0 Å². The van der Waals surface area contributed by atoms with Crippen molar-refractivity contribution in [2.75, 3.05) is 13.1 Å². The van der Waals surface area contributed by atoms with Crippen molar-refractivity contribution in [2.24, 2.45) is 5.16 Å². The third-order valence-corrected chi connectivity index (χ3v) is 9.32. The number of hydrogen-bond acceptors (Lipinski definition) is 6. The molecule has 1 heterocycles. The average molecular weight is 555 g/mol. The van der Waals surface area contributed by atoms with Crippen LogP contribution in [-0.2, 0) is 9.63 Å². The molecule has 1 saturated carbocycles. The summed E-state index contributed by atoms with van der Waals surface area (Å²) in [5.41, 5.74) is 3.51. The van der Waals surface area contributed by atoms with Crippen molar-refractivity contribution in [3.63, 3.8) is 0 Å². The monoisotopic (exact) mass is 554 g/mol. The molecule has 2 aliphatic rings. The molecule has 2 fully saturated rings. The van der Waals surface area contributed by atoms with E-state index in [1.54, 1.807) is 11.8 Å². The number of oxime groups is 1. The van der Waals surface area contributed by atoms with Gasteiger partial charge in [-0.05, 0) is 100 Å². The molecule has 1 aliphatic carbocycles. The van der Waals surface area contributed by atoms with Crippen molar-refractivity contribution in [1.29, 1.82) is 0 Å². The fourth-order valence-electron chi connectivity index (χ4n) is 5.91. The van der Waals surface area contributed by atoms with Crippen LogP contribution < -0.4 is 0 Å². The largest absolute Gasteiger partial charge is 0.355 e. The molecule has 3 aromatic rings. The molecule has 208 valence electrons. The number of rotatable bonds is 8. The number of benzene rings is 3. The number of carbonyl (C=O) groups excluding carboxylic acids is 2. The van der Waals surface area contributed by atoms with Crippen LogP contribution in [0.4, 0.5) is 0 Å². The lowest BCUT2D eigenvalue weighted by Gasteiger charge is -2.45. The zero-order chi connectivity index (χ0) is 28.0. The maximum atomic E-state index is 13.4. The van der Waals surface area contributed by atoms with Crippen LogP contribution >= 0.6 is 11.8 Å². The van der Waals surface area contributed by atoms with Crippen LogP contribution in [0, 0.1) is 6.92 Å². The first-order chi connectivity index (χ1) is 19.5. The van der Waals surface area contributed by atoms with Crippen LogP contribution in [0.2, 0.25) is 0 Å². The highest BCUT2D eigenvalue weighted by molar-refractivity contribution is 7.99. The van der Waals surface area contributed by atoms with Gasteiger partial charge in [-0.15, -0.1) is 0 Å². The van der Waals surface area contributed by atoms with Gasteiger partial charge in [0.2, 0.25) is 0 Å². The molecule has 0 aromatic heterocycles. The Morgan fingerprint density at radius 1 is 0.775 bits per heavy atom. The van der Waals surface area contributed by atoms with E-state index in [1.165, 1.54) is 12.8 Å². The summed E-state index contributed by atoms with van der Waals surface area (Å²) in [7, 11) is 0. The van der Waals surface area contributed by atoms with Crippen LogP contribution in [0.5, 0.6) is 0 Å². The first kappa shape index (κ1) is 28.3. The highest BCUT2D eigenvalue weighted by atomic mass is 32.2. The Hall–Kier alpha value is -3.22. The second-order valence-electron chi connectivity index (χ2n) is 11.0. The molecule has 0 bridgehead atoms. The average Bonchev–Trinajstić information content (AvgIpc) is 3.01. The van der Waals surface area contributed by atoms with Gasteiger partial charge in [-0.25, -0.2) is 4.79 Å². The third kappa shape index (κ3) is 6.39. The molecule has 0 N–H and O–H groups in total. The molecule has 6 heteroatoms. The number of piperidine rings is 1. The molecule has 0 amide bonds. The summed E-state index contributed by atoms with van der Waals surface area (Å²) in [4.78, 5) is 36.4. The van der Waals surface area contributed by atoms with Crippen molar-refractivity contribution >= 4 is 29.2 Å². The van der Waals surface area contributed by atoms with Crippen molar-refractivity contribution in [3.05, 3.63) is 95.1 Å². The number of likely N-dealkylation sites (tertiary alicyclic amines) is 1. The topological polar surface area (TPSA) is 59.0 Å². The maximum Gasteiger partial charge on any atom is 0.355 e. The van der Waals surface area contributed by atoms with Crippen molar-refractivity contribution in [3.8, 4) is 0 Å². The second-order valence-corrected chi connectivity index (χ2v) is 12.1. The lowest BCUT2D eigenvalue weighted by atomic mass is 9.79. The molecule has 40 heavy (non-hydrogen) atoms. The fourth-order valence-corrected chi connectivity index (χ4v) is 6.73. The Morgan fingerprint density at radius 2 is 1.35 bits per heavy atom. The van der Waals surface area contributed by atoms with Crippen LogP contribution in [0.15, 0.2) is 87.7 Å². The Bertz CT molecular complexity index is 1350. The van der Waals surface area contributed by atoms with Gasteiger partial charge in [0, 0.05) is 20.9 Å². The Kier molecular flexibility index (Phi) is 9.18. The molecular formula is C34H38N2O3S. The second kappa shape index (κ2) is 13.0. The lowest BCUT2D eigenvalue weighted by Crippen LogP contribution is -2.57. The minimum Gasteiger partial charge on any atom is -0.316 e. The minimum absolute atomic E-state index is 0.0415. The number of aryl methyl sites for hydroxylation is 1. The maximum absolute atomic E-state index is 13.4. The molecule has 0 spiro atoms. The zero-order valence-corrected chi connectivity index (χ0v) is 24.3. The number of nitrogens with zero attached hydrogens (tertiary/aromatic N) is 2. The summed E-state index contributed by atoms with van der Waals surface area (Å²) < 4.78 is 0. The van der Waals surface area contributed by atoms with Gasteiger partial charge in [0.25, 0.3) is 0 Å². The summed E-state index contributed by atoms with van der Waals surface area (Å²) in [6.07, 6.45) is 8.60. The van der Waals surface area contributed by atoms with E-state index in [0.717, 1.165) is 78.1 Å². The van der Waals surface area contributed by atoms with Crippen molar-refractivity contribution in [1.82, 2.24) is 4.90 Å². The Balaban J connectivity index is 1.21. The van der Waals surface area contributed by atoms with E-state index in [4.69, 9.17) is 4.84 Å². The smallest absolute Gasteiger partial charge is 0.316 e. The summed E-state index contributed by atoms with van der Waals surface area (Å²) in [5.74, 6) is -0.148. The molecule has 0 radical (unpaired) electrons. The van der Waals surface area contributed by atoms with Gasteiger partial charge < -0.3 is 4.84 Å². The predicted octanol–water partition coefficient (Wildman–Crippen LogP) is 7.83. The molecule has 5 rings (SSSR count). The van der Waals surface area contributed by atoms with Gasteiger partial charge in [0.15, 0.2) is 5.78 Å². The molecule has 3 aromatic carbocycles. The first-order valence-electron chi connectivity index (χ1n) is 14.5. The van der Waals surface area contributed by atoms with Gasteiger partial charge >= 0.3 is 5.97 Å². The molecule has 0 unspecified atom stereocenters. The summed E-state index contributed by atoms with van der Waals surface area (Å²) >= 11 is 1.64. The predicted molar refractivity (Wildman–Crippen MR) is 161 cm³/mol. The van der Waals surface area contributed by atoms with Crippen LogP contribution in [-0.4, -0.2) is 41.0 Å². The minimum atomic E-state index is -0.511. The SMILES string of the molecule is CC(=NOC(=O)C1(N2CCCCC2)CCCCC1)c1ccc(Sc2ccc(C(=O)c3ccccc3C)cc2)cc1.